The molecule has 3 rings (SSSR count). The zero-order valence-corrected chi connectivity index (χ0v) is 20.9. The van der Waals surface area contributed by atoms with Gasteiger partial charge in [0.05, 0.1) is 11.7 Å². The fourth-order valence-corrected chi connectivity index (χ4v) is 5.38. The third-order valence-corrected chi connectivity index (χ3v) is 9.05. The van der Waals surface area contributed by atoms with Crippen LogP contribution in [0.4, 0.5) is 4.39 Å². The molecule has 13 heteroatoms. The van der Waals surface area contributed by atoms with E-state index in [2.05, 4.69) is 9.97 Å². The second kappa shape index (κ2) is 9.09. The standard InChI is InChI=1S/C20H31FN3O7PS/c1-6-19(4,31-32(28,29)20(5,27)7-2)8-12-13(25)14(26)17(30-12)24-9-11-10(3)15(21)22-16(11)23-18(24)33/h9,12-14,17,25-27H,6-8H2,1-5H3,(H,28,29)(H,22,23,33)/t12-,13?,14+,17-,19?,20?/m1/s1. The van der Waals surface area contributed by atoms with Gasteiger partial charge in [-0.15, -0.1) is 0 Å². The van der Waals surface area contributed by atoms with Crippen molar-refractivity contribution in [3.05, 3.63) is 22.5 Å². The summed E-state index contributed by atoms with van der Waals surface area (Å²) in [5.74, 6) is -0.553. The minimum absolute atomic E-state index is 0.00317. The number of rotatable bonds is 8. The molecule has 1 fully saturated rings. The quantitative estimate of drug-likeness (QED) is 0.268. The van der Waals surface area contributed by atoms with Gasteiger partial charge in [-0.05, 0) is 45.8 Å². The molecule has 4 unspecified atom stereocenters. The van der Waals surface area contributed by atoms with Crippen molar-refractivity contribution in [2.75, 3.05) is 0 Å². The van der Waals surface area contributed by atoms with Crippen LogP contribution in [-0.4, -0.2) is 64.0 Å². The number of aliphatic hydroxyl groups is 3. The second-order valence-electron chi connectivity index (χ2n) is 8.99. The number of H-pyrrole nitrogens is 1. The lowest BCUT2D eigenvalue weighted by atomic mass is 9.93. The van der Waals surface area contributed by atoms with Crippen LogP contribution in [0.5, 0.6) is 0 Å². The molecule has 0 spiro atoms. The highest BCUT2D eigenvalue weighted by Crippen LogP contribution is 2.59. The number of ether oxygens (including phenoxy) is 1. The highest BCUT2D eigenvalue weighted by atomic mass is 32.1. The molecule has 0 amide bonds. The number of nitrogens with zero attached hydrogens (tertiary/aromatic N) is 2. The number of aryl methyl sites for hydroxylation is 1. The minimum Gasteiger partial charge on any atom is -0.388 e. The van der Waals surface area contributed by atoms with Crippen LogP contribution in [0.15, 0.2) is 6.20 Å². The van der Waals surface area contributed by atoms with E-state index in [4.69, 9.17) is 21.5 Å². The van der Waals surface area contributed by atoms with Crippen LogP contribution in [0.2, 0.25) is 0 Å². The van der Waals surface area contributed by atoms with Crippen molar-refractivity contribution in [2.24, 2.45) is 0 Å². The molecule has 1 saturated heterocycles. The number of aromatic amines is 1. The minimum atomic E-state index is -4.45. The molecule has 1 aliphatic rings. The predicted octanol–water partition coefficient (Wildman–Crippen LogP) is 3.04. The average molecular weight is 508 g/mol. The fraction of sp³-hybridized carbons (Fsp3) is 0.700. The van der Waals surface area contributed by atoms with Gasteiger partial charge in [-0.25, -0.2) is 4.98 Å². The van der Waals surface area contributed by atoms with E-state index in [1.807, 2.05) is 0 Å². The molecule has 0 radical (unpaired) electrons. The maximum Gasteiger partial charge on any atom is 0.359 e. The van der Waals surface area contributed by atoms with Crippen molar-refractivity contribution in [1.29, 1.82) is 0 Å². The summed E-state index contributed by atoms with van der Waals surface area (Å²) in [4.78, 5) is 17.0. The van der Waals surface area contributed by atoms with Crippen molar-refractivity contribution >= 4 is 30.8 Å². The van der Waals surface area contributed by atoms with E-state index < -0.39 is 49.0 Å². The molecule has 186 valence electrons. The summed E-state index contributed by atoms with van der Waals surface area (Å²) in [5, 5.41) is 30.1. The van der Waals surface area contributed by atoms with Crippen LogP contribution in [0.3, 0.4) is 0 Å². The SMILES string of the molecule is CCC(C)(C[C@H]1O[C@@H](n2cc3c(C)c(F)[nH]c3nc2=S)[C@@H](O)C1O)OP(=O)(O)C(C)(O)CC. The maximum atomic E-state index is 13.9. The highest BCUT2D eigenvalue weighted by Gasteiger charge is 2.50. The van der Waals surface area contributed by atoms with E-state index >= 15 is 0 Å². The Balaban J connectivity index is 1.88. The number of aromatic nitrogens is 3. The summed E-state index contributed by atoms with van der Waals surface area (Å²) in [6.07, 6.45) is -3.16. The Kier molecular flexibility index (Phi) is 7.26. The molecule has 0 aromatic carbocycles. The molecular formula is C20H31FN3O7PS. The van der Waals surface area contributed by atoms with E-state index in [9.17, 15) is 29.2 Å². The van der Waals surface area contributed by atoms with Crippen LogP contribution in [-0.2, 0) is 13.8 Å². The molecule has 10 nitrogen and oxygen atoms in total. The number of fused-ring (bicyclic) bond motifs is 1. The first-order chi connectivity index (χ1) is 15.2. The van der Waals surface area contributed by atoms with Gasteiger partial charge in [0.2, 0.25) is 4.77 Å². The number of nitrogens with one attached hydrogen (secondary N) is 1. The van der Waals surface area contributed by atoms with Gasteiger partial charge < -0.3 is 34.5 Å². The molecule has 0 saturated carbocycles. The molecule has 7 atom stereocenters. The summed E-state index contributed by atoms with van der Waals surface area (Å²) >= 11 is 5.27. The van der Waals surface area contributed by atoms with E-state index in [0.29, 0.717) is 10.9 Å². The molecule has 2 aromatic rings. The number of halogens is 1. The molecular weight excluding hydrogens is 476 g/mol. The maximum absolute atomic E-state index is 13.9. The Morgan fingerprint density at radius 3 is 2.55 bits per heavy atom. The molecule has 5 N–H and O–H groups in total. The van der Waals surface area contributed by atoms with E-state index in [0.717, 1.165) is 0 Å². The first-order valence-corrected chi connectivity index (χ1v) is 12.7. The molecule has 3 heterocycles. The lowest BCUT2D eigenvalue weighted by Gasteiger charge is -2.37. The fourth-order valence-electron chi connectivity index (χ4n) is 3.73. The zero-order valence-electron chi connectivity index (χ0n) is 19.1. The topological polar surface area (TPSA) is 150 Å². The van der Waals surface area contributed by atoms with Crippen molar-refractivity contribution in [3.63, 3.8) is 0 Å². The first-order valence-electron chi connectivity index (χ1n) is 10.7. The van der Waals surface area contributed by atoms with E-state index in [-0.39, 0.29) is 29.7 Å². The van der Waals surface area contributed by atoms with Gasteiger partial charge >= 0.3 is 7.60 Å². The third kappa shape index (κ3) is 4.81. The Morgan fingerprint density at radius 2 is 1.97 bits per heavy atom. The largest absolute Gasteiger partial charge is 0.388 e. The average Bonchev–Trinajstić information content (AvgIpc) is 3.16. The molecule has 2 aromatic heterocycles. The Bertz CT molecular complexity index is 1140. The van der Waals surface area contributed by atoms with Crippen LogP contribution in [0, 0.1) is 17.6 Å². The van der Waals surface area contributed by atoms with Crippen LogP contribution >= 0.6 is 19.8 Å². The van der Waals surface area contributed by atoms with Gasteiger partial charge in [0.15, 0.2) is 17.5 Å². The molecule has 1 aliphatic heterocycles. The van der Waals surface area contributed by atoms with E-state index in [1.165, 1.54) is 17.7 Å². The number of aliphatic hydroxyl groups excluding tert-OH is 2. The van der Waals surface area contributed by atoms with Gasteiger partial charge in [-0.1, -0.05) is 13.8 Å². The van der Waals surface area contributed by atoms with Gasteiger partial charge in [-0.3, -0.25) is 9.13 Å². The summed E-state index contributed by atoms with van der Waals surface area (Å²) in [5.41, 5.74) is -0.683. The Morgan fingerprint density at radius 1 is 1.33 bits per heavy atom. The molecule has 33 heavy (non-hydrogen) atoms. The monoisotopic (exact) mass is 507 g/mol. The molecule has 0 bridgehead atoms. The summed E-state index contributed by atoms with van der Waals surface area (Å²) in [6.45, 7) is 7.65. The van der Waals surface area contributed by atoms with Crippen molar-refractivity contribution < 1.29 is 38.4 Å². The first kappa shape index (κ1) is 26.4. The number of hydrogen-bond donors (Lipinski definition) is 5. The lowest BCUT2D eigenvalue weighted by molar-refractivity contribution is -0.0707. The summed E-state index contributed by atoms with van der Waals surface area (Å²) < 4.78 is 39.4. The lowest BCUT2D eigenvalue weighted by Crippen LogP contribution is -2.40. The van der Waals surface area contributed by atoms with Crippen molar-refractivity contribution in [3.8, 4) is 0 Å². The Labute approximate surface area is 195 Å². The van der Waals surface area contributed by atoms with Gasteiger partial charge in [0.1, 0.15) is 17.9 Å². The second-order valence-corrected chi connectivity index (χ2v) is 11.5. The number of hydrogen-bond acceptors (Lipinski definition) is 8. The van der Waals surface area contributed by atoms with Crippen LogP contribution < -0.4 is 0 Å². The van der Waals surface area contributed by atoms with Crippen molar-refractivity contribution in [1.82, 2.24) is 14.5 Å². The van der Waals surface area contributed by atoms with Crippen molar-refractivity contribution in [2.45, 2.75) is 89.4 Å². The van der Waals surface area contributed by atoms with Gasteiger partial charge in [0, 0.05) is 23.6 Å². The highest BCUT2D eigenvalue weighted by molar-refractivity contribution is 7.71. The van der Waals surface area contributed by atoms with Gasteiger partial charge in [0.25, 0.3) is 0 Å². The van der Waals surface area contributed by atoms with Gasteiger partial charge in [-0.2, -0.15) is 4.39 Å². The zero-order chi connectivity index (χ0) is 24.9. The smallest absolute Gasteiger partial charge is 0.359 e. The van der Waals surface area contributed by atoms with Crippen LogP contribution in [0.1, 0.15) is 58.7 Å². The van der Waals surface area contributed by atoms with Crippen LogP contribution in [0.25, 0.3) is 11.0 Å². The normalized spacial score (nSPS) is 29.0. The molecule has 0 aliphatic carbocycles. The third-order valence-electron chi connectivity index (χ3n) is 6.53. The predicted molar refractivity (Wildman–Crippen MR) is 121 cm³/mol. The summed E-state index contributed by atoms with van der Waals surface area (Å²) in [6, 6.07) is 0. The summed E-state index contributed by atoms with van der Waals surface area (Å²) in [7, 11) is -4.45. The Hall–Kier alpha value is -1.24. The van der Waals surface area contributed by atoms with E-state index in [1.54, 1.807) is 27.7 Å².